The van der Waals surface area contributed by atoms with Crippen LogP contribution in [0.3, 0.4) is 0 Å². The number of benzene rings is 1. The predicted octanol–water partition coefficient (Wildman–Crippen LogP) is -0.0842. The summed E-state index contributed by atoms with van der Waals surface area (Å²) in [5.41, 5.74) is 10.4. The molecule has 0 saturated heterocycles. The minimum Gasteiger partial charge on any atom is -1.00 e. The van der Waals surface area contributed by atoms with Gasteiger partial charge < -0.3 is 57.6 Å². The zero-order valence-electron chi connectivity index (χ0n) is 21.6. The molecule has 0 saturated carbocycles. The second-order valence-electron chi connectivity index (χ2n) is 7.01. The van der Waals surface area contributed by atoms with Crippen LogP contribution in [-0.2, 0) is 35.0 Å². The van der Waals surface area contributed by atoms with Gasteiger partial charge in [-0.25, -0.2) is 0 Å². The molecule has 0 aromatic heterocycles. The van der Waals surface area contributed by atoms with E-state index in [1.807, 2.05) is 39.0 Å². The number of rotatable bonds is 12. The van der Waals surface area contributed by atoms with E-state index in [1.54, 1.807) is 42.7 Å². The third kappa shape index (κ3) is 24.9. The highest BCUT2D eigenvalue weighted by Gasteiger charge is 2.14. The number of nitrogens with one attached hydrogen (secondary N) is 1. The third-order valence-electron chi connectivity index (χ3n) is 4.17. The lowest BCUT2D eigenvalue weighted by molar-refractivity contribution is -0.453. The van der Waals surface area contributed by atoms with Gasteiger partial charge in [0.1, 0.15) is 6.04 Å². The second-order valence-corrected chi connectivity index (χ2v) is 7.01. The van der Waals surface area contributed by atoms with Crippen LogP contribution in [0, 0.1) is 0 Å². The zero-order chi connectivity index (χ0) is 24.2. The van der Waals surface area contributed by atoms with Gasteiger partial charge in [0, 0.05) is 50.6 Å². The molecule has 6 N–H and O–H groups in total. The van der Waals surface area contributed by atoms with Crippen LogP contribution >= 0.6 is 12.4 Å². The first kappa shape index (κ1) is 47.6. The van der Waals surface area contributed by atoms with E-state index >= 15 is 0 Å². The first-order chi connectivity index (χ1) is 14.7. The summed E-state index contributed by atoms with van der Waals surface area (Å²) >= 11 is 0. The Labute approximate surface area is 229 Å². The molecule has 0 bridgehead atoms. The minimum atomic E-state index is -0.269. The van der Waals surface area contributed by atoms with E-state index < -0.39 is 0 Å². The summed E-state index contributed by atoms with van der Waals surface area (Å²) in [7, 11) is 9.64. The smallest absolute Gasteiger partial charge is 0.209 e. The molecule has 1 aromatic carbocycles. The van der Waals surface area contributed by atoms with Crippen molar-refractivity contribution in [3.63, 3.8) is 0 Å². The van der Waals surface area contributed by atoms with E-state index in [0.29, 0.717) is 0 Å². The summed E-state index contributed by atoms with van der Waals surface area (Å²) in [6.07, 6.45) is -0.626. The monoisotopic (exact) mass is 553 g/mol. The molecule has 35 heavy (non-hydrogen) atoms. The van der Waals surface area contributed by atoms with Gasteiger partial charge in [-0.3, -0.25) is 0 Å². The van der Waals surface area contributed by atoms with Crippen molar-refractivity contribution in [1.29, 1.82) is 0 Å². The summed E-state index contributed by atoms with van der Waals surface area (Å²) in [4.78, 5) is 0. The van der Waals surface area contributed by atoms with Gasteiger partial charge in [0.05, 0.1) is 12.1 Å². The van der Waals surface area contributed by atoms with Crippen LogP contribution in [0.5, 0.6) is 0 Å². The van der Waals surface area contributed by atoms with Crippen LogP contribution in [0.1, 0.15) is 42.6 Å². The van der Waals surface area contributed by atoms with E-state index in [0.717, 1.165) is 6.54 Å². The second kappa shape index (κ2) is 31.5. The average molecular weight is 555 g/mol. The number of quaternary nitrogens is 1. The van der Waals surface area contributed by atoms with Crippen molar-refractivity contribution in [2.75, 3.05) is 42.7 Å². The van der Waals surface area contributed by atoms with Gasteiger partial charge in [-0.1, -0.05) is 45.2 Å². The quantitative estimate of drug-likeness (QED) is 0.307. The molecule has 0 fully saturated rings. The van der Waals surface area contributed by atoms with Gasteiger partial charge in [0.2, 0.25) is 6.29 Å². The topological polar surface area (TPSA) is 121 Å². The number of hydrogen-bond donors (Lipinski definition) is 3. The molecule has 0 radical (unpaired) electrons. The number of nitrogens with two attached hydrogens (primary N) is 1. The molecular weight excluding hydrogens is 497 g/mol. The molecule has 0 spiro atoms. The molecule has 0 heterocycles. The number of halogens is 2. The molecule has 1 rings (SSSR count). The summed E-state index contributed by atoms with van der Waals surface area (Å²) < 4.78 is 29.7. The number of methoxy groups -OCH3 is 6. The first-order valence-corrected chi connectivity index (χ1v) is 10.2. The molecule has 0 aliphatic heterocycles. The molecule has 0 amide bonds. The van der Waals surface area contributed by atoms with Gasteiger partial charge in [0.25, 0.3) is 0 Å². The van der Waals surface area contributed by atoms with E-state index in [4.69, 9.17) is 34.2 Å². The van der Waals surface area contributed by atoms with Crippen molar-refractivity contribution in [2.24, 2.45) is 5.73 Å². The Morgan fingerprint density at radius 3 is 1.37 bits per heavy atom. The maximum atomic E-state index is 5.41. The molecular formula is C24H57Cl2N3O6. The average Bonchev–Trinajstić information content (AvgIpc) is 2.76. The highest BCUT2D eigenvalue weighted by atomic mass is 35.5. The summed E-state index contributed by atoms with van der Waals surface area (Å²) in [6.45, 7) is 6.64. The van der Waals surface area contributed by atoms with Crippen molar-refractivity contribution < 1.29 is 48.0 Å². The Morgan fingerprint density at radius 2 is 1.14 bits per heavy atom. The molecule has 0 aliphatic carbocycles. The fourth-order valence-corrected chi connectivity index (χ4v) is 2.56. The SMILES string of the molecule is C.C.COC(OC)C(C)N.COC(OC)C(C)NCc1ccccc1.COC(OC)C(C)[NH3+].Cl.[Cl-].[HH]. The molecule has 9 nitrogen and oxygen atoms in total. The highest BCUT2D eigenvalue weighted by Crippen LogP contribution is 2.02. The fourth-order valence-electron chi connectivity index (χ4n) is 2.56. The lowest BCUT2D eigenvalue weighted by Crippen LogP contribution is -3.00. The maximum Gasteiger partial charge on any atom is 0.209 e. The van der Waals surface area contributed by atoms with Crippen molar-refractivity contribution in [3.8, 4) is 0 Å². The van der Waals surface area contributed by atoms with Crippen molar-refractivity contribution in [3.05, 3.63) is 35.9 Å². The Bertz CT molecular complexity index is 484. The van der Waals surface area contributed by atoms with E-state index in [-0.39, 0.29) is 78.1 Å². The lowest BCUT2D eigenvalue weighted by Gasteiger charge is -2.22. The molecule has 3 atom stereocenters. The van der Waals surface area contributed by atoms with Crippen molar-refractivity contribution in [1.82, 2.24) is 5.32 Å². The summed E-state index contributed by atoms with van der Waals surface area (Å²) in [5.74, 6) is 0. The Hall–Kier alpha value is -0.560. The number of hydrogen-bond acceptors (Lipinski definition) is 8. The molecule has 218 valence electrons. The highest BCUT2D eigenvalue weighted by molar-refractivity contribution is 5.85. The first-order valence-electron chi connectivity index (χ1n) is 10.2. The lowest BCUT2D eigenvalue weighted by atomic mass is 10.2. The summed E-state index contributed by atoms with van der Waals surface area (Å²) in [6, 6.07) is 10.6. The van der Waals surface area contributed by atoms with Gasteiger partial charge in [-0.2, -0.15) is 0 Å². The van der Waals surface area contributed by atoms with Crippen LogP contribution < -0.4 is 29.2 Å². The molecule has 1 aromatic rings. The van der Waals surface area contributed by atoms with Gasteiger partial charge in [-0.05, 0) is 26.3 Å². The van der Waals surface area contributed by atoms with Gasteiger partial charge in [-0.15, -0.1) is 12.4 Å². The molecule has 11 heteroatoms. The van der Waals surface area contributed by atoms with Gasteiger partial charge in [0.15, 0.2) is 12.6 Å². The van der Waals surface area contributed by atoms with Crippen LogP contribution in [-0.4, -0.2) is 79.7 Å². The maximum absolute atomic E-state index is 5.41. The van der Waals surface area contributed by atoms with Crippen molar-refractivity contribution >= 4 is 12.4 Å². The molecule has 0 aliphatic rings. The van der Waals surface area contributed by atoms with E-state index in [1.165, 1.54) is 5.56 Å². The summed E-state index contributed by atoms with van der Waals surface area (Å²) in [5, 5.41) is 3.35. The Balaban J connectivity index is -0.0000000704. The number of ether oxygens (including phenoxy) is 6. The largest absolute Gasteiger partial charge is 1.00 e. The fraction of sp³-hybridized carbons (Fsp3) is 0.750. The minimum absolute atomic E-state index is 0. The van der Waals surface area contributed by atoms with Crippen molar-refractivity contribution in [2.45, 2.75) is 79.2 Å². The Morgan fingerprint density at radius 1 is 0.771 bits per heavy atom. The van der Waals surface area contributed by atoms with E-state index in [2.05, 4.69) is 23.2 Å². The van der Waals surface area contributed by atoms with Crippen LogP contribution in [0.2, 0.25) is 0 Å². The van der Waals surface area contributed by atoms with E-state index in [9.17, 15) is 0 Å². The normalized spacial score (nSPS) is 12.3. The molecule has 3 unspecified atom stereocenters. The standard InChI is InChI=1S/C12H19NO2.2C5H13NO2.2CH4.2ClH.H2/c1-10(12(14-2)15-3)13-9-11-7-5-4-6-8-11;2*1-4(6)5(7-2)8-3;;;;;/h4-8,10,12-13H,9H2,1-3H3;2*4-5H,6H2,1-3H3;2*1H4;3*1H. The van der Waals surface area contributed by atoms with Gasteiger partial charge >= 0.3 is 0 Å². The van der Waals surface area contributed by atoms with Crippen LogP contribution in [0.4, 0.5) is 0 Å². The Kier molecular flexibility index (Phi) is 42.8. The van der Waals surface area contributed by atoms with Crippen LogP contribution in [0.15, 0.2) is 30.3 Å². The predicted molar refractivity (Wildman–Crippen MR) is 145 cm³/mol. The zero-order valence-corrected chi connectivity index (χ0v) is 23.2. The third-order valence-corrected chi connectivity index (χ3v) is 4.17. The van der Waals surface area contributed by atoms with Crippen LogP contribution in [0.25, 0.3) is 0 Å².